The molecule has 1 aromatic carbocycles. The Hall–Kier alpha value is -1.31. The molecule has 0 aromatic heterocycles. The highest BCUT2D eigenvalue weighted by Gasteiger charge is 2.51. The molecule has 2 nitrogen and oxygen atoms in total. The van der Waals surface area contributed by atoms with Crippen molar-refractivity contribution in [2.24, 2.45) is 11.7 Å². The van der Waals surface area contributed by atoms with Crippen molar-refractivity contribution in [3.63, 3.8) is 0 Å². The topological polar surface area (TPSA) is 43.1 Å². The summed E-state index contributed by atoms with van der Waals surface area (Å²) in [5.74, 6) is 0.944. The van der Waals surface area contributed by atoms with Gasteiger partial charge >= 0.3 is 0 Å². The van der Waals surface area contributed by atoms with E-state index in [0.29, 0.717) is 5.41 Å². The molecule has 1 fully saturated rings. The molecule has 0 spiro atoms. The average Bonchev–Trinajstić information content (AvgIpc) is 3.06. The number of amides is 1. The third-order valence-electron chi connectivity index (χ3n) is 3.70. The lowest BCUT2D eigenvalue weighted by atomic mass is 9.90. The van der Waals surface area contributed by atoms with Crippen molar-refractivity contribution in [3.8, 4) is 0 Å². The van der Waals surface area contributed by atoms with Gasteiger partial charge in [0, 0.05) is 0 Å². The first-order valence-electron chi connectivity index (χ1n) is 5.96. The normalized spacial score (nSPS) is 26.5. The summed E-state index contributed by atoms with van der Waals surface area (Å²) in [4.78, 5) is 8.58. The summed E-state index contributed by atoms with van der Waals surface area (Å²) in [6.07, 6.45) is 4.29. The van der Waals surface area contributed by atoms with Crippen LogP contribution in [0.5, 0.6) is 0 Å². The number of carbonyl (C=O) groups excluding carboxylic acids is 1. The lowest BCUT2D eigenvalue weighted by Gasteiger charge is -2.14. The van der Waals surface area contributed by atoms with E-state index in [1.54, 1.807) is 5.56 Å². The van der Waals surface area contributed by atoms with Gasteiger partial charge in [0.1, 0.15) is 0 Å². The first kappa shape index (κ1) is 12.8. The van der Waals surface area contributed by atoms with E-state index in [4.69, 9.17) is 4.79 Å². The summed E-state index contributed by atoms with van der Waals surface area (Å²) in [7, 11) is 0. The third-order valence-corrected chi connectivity index (χ3v) is 3.70. The quantitative estimate of drug-likeness (QED) is 0.780. The van der Waals surface area contributed by atoms with E-state index in [9.17, 15) is 0 Å². The second-order valence-electron chi connectivity index (χ2n) is 4.32. The number of nitrogens with two attached hydrogens (primary N) is 1. The van der Waals surface area contributed by atoms with Crippen molar-refractivity contribution >= 4 is 6.41 Å². The van der Waals surface area contributed by atoms with E-state index in [2.05, 4.69) is 49.9 Å². The molecule has 0 saturated heterocycles. The monoisotopic (exact) mass is 219 g/mol. The fourth-order valence-corrected chi connectivity index (χ4v) is 2.68. The van der Waals surface area contributed by atoms with Gasteiger partial charge in [-0.15, -0.1) is 0 Å². The third kappa shape index (κ3) is 2.43. The zero-order valence-corrected chi connectivity index (χ0v) is 10.1. The van der Waals surface area contributed by atoms with Gasteiger partial charge in [-0.25, -0.2) is 0 Å². The van der Waals surface area contributed by atoms with Crippen molar-refractivity contribution in [1.82, 2.24) is 0 Å². The van der Waals surface area contributed by atoms with Gasteiger partial charge in [0.05, 0.1) is 0 Å². The summed E-state index contributed by atoms with van der Waals surface area (Å²) in [6.45, 7) is 4.63. The Morgan fingerprint density at radius 1 is 1.38 bits per heavy atom. The van der Waals surface area contributed by atoms with Crippen LogP contribution < -0.4 is 5.73 Å². The molecule has 1 aromatic rings. The minimum atomic E-state index is 0.250. The molecule has 1 amide bonds. The molecule has 1 aliphatic carbocycles. The van der Waals surface area contributed by atoms with E-state index in [1.807, 2.05) is 0 Å². The van der Waals surface area contributed by atoms with Gasteiger partial charge in [0.15, 0.2) is 0 Å². The lowest BCUT2D eigenvalue weighted by molar-refractivity contribution is -0.106. The largest absolute Gasteiger partial charge is 0.372 e. The van der Waals surface area contributed by atoms with Gasteiger partial charge < -0.3 is 5.73 Å². The van der Waals surface area contributed by atoms with Crippen molar-refractivity contribution in [2.75, 3.05) is 0 Å². The van der Waals surface area contributed by atoms with E-state index < -0.39 is 0 Å². The van der Waals surface area contributed by atoms with Crippen LogP contribution in [0.2, 0.25) is 0 Å². The maximum absolute atomic E-state index is 8.58. The highest BCUT2D eigenvalue weighted by Crippen LogP contribution is 2.58. The van der Waals surface area contributed by atoms with Gasteiger partial charge in [-0.2, -0.15) is 0 Å². The molecule has 2 heteroatoms. The maximum atomic E-state index is 8.58. The number of rotatable bonds is 3. The number of hydrogen-bond acceptors (Lipinski definition) is 1. The fraction of sp³-hybridized carbons (Fsp3) is 0.500. The summed E-state index contributed by atoms with van der Waals surface area (Å²) in [5, 5.41) is 0. The number of carbonyl (C=O) groups is 1. The van der Waals surface area contributed by atoms with Crippen LogP contribution in [0.25, 0.3) is 0 Å². The zero-order chi connectivity index (χ0) is 12.0. The van der Waals surface area contributed by atoms with Crippen LogP contribution in [0.3, 0.4) is 0 Å². The van der Waals surface area contributed by atoms with Crippen LogP contribution in [0, 0.1) is 5.92 Å². The SMILES string of the molecule is CCC1CC1(CC)c1ccccc1.NC=O. The lowest BCUT2D eigenvalue weighted by Crippen LogP contribution is -2.07. The van der Waals surface area contributed by atoms with Gasteiger partial charge in [0.25, 0.3) is 0 Å². The zero-order valence-electron chi connectivity index (χ0n) is 10.1. The van der Waals surface area contributed by atoms with E-state index in [-0.39, 0.29) is 6.41 Å². The standard InChI is InChI=1S/C13H18.CH3NO/c1-3-11-10-13(11,4-2)12-8-6-5-7-9-12;2-1-3/h5-9,11H,3-4,10H2,1-2H3;1H,(H2,2,3). The van der Waals surface area contributed by atoms with E-state index in [0.717, 1.165) is 5.92 Å². The van der Waals surface area contributed by atoms with Crippen molar-refractivity contribution in [2.45, 2.75) is 38.5 Å². The Labute approximate surface area is 97.9 Å². The first-order chi connectivity index (χ1) is 7.75. The van der Waals surface area contributed by atoms with Crippen molar-refractivity contribution < 1.29 is 4.79 Å². The Bertz CT molecular complexity index is 323. The minimum Gasteiger partial charge on any atom is -0.372 e. The average molecular weight is 219 g/mol. The molecule has 16 heavy (non-hydrogen) atoms. The minimum absolute atomic E-state index is 0.250. The molecule has 0 radical (unpaired) electrons. The smallest absolute Gasteiger partial charge is 0.204 e. The van der Waals surface area contributed by atoms with Crippen molar-refractivity contribution in [1.29, 1.82) is 0 Å². The first-order valence-corrected chi connectivity index (χ1v) is 5.96. The van der Waals surface area contributed by atoms with Crippen LogP contribution in [0.1, 0.15) is 38.7 Å². The Kier molecular flexibility index (Phi) is 4.53. The van der Waals surface area contributed by atoms with Crippen LogP contribution in [0.15, 0.2) is 30.3 Å². The fourth-order valence-electron chi connectivity index (χ4n) is 2.68. The van der Waals surface area contributed by atoms with Crippen LogP contribution in [-0.2, 0) is 10.2 Å². The molecule has 2 atom stereocenters. The molecular formula is C14H21NO. The van der Waals surface area contributed by atoms with Gasteiger partial charge in [0.2, 0.25) is 6.41 Å². The molecule has 0 bridgehead atoms. The summed E-state index contributed by atoms with van der Waals surface area (Å²) >= 11 is 0. The van der Waals surface area contributed by atoms with Gasteiger partial charge in [-0.1, -0.05) is 50.6 Å². The van der Waals surface area contributed by atoms with Crippen LogP contribution >= 0.6 is 0 Å². The molecule has 88 valence electrons. The predicted octanol–water partition coefficient (Wildman–Crippen LogP) is 2.87. The number of primary amides is 1. The highest BCUT2D eigenvalue weighted by atomic mass is 16.1. The summed E-state index contributed by atoms with van der Waals surface area (Å²) < 4.78 is 0. The Balaban J connectivity index is 0.000000386. The second kappa shape index (κ2) is 5.69. The molecule has 2 unspecified atom stereocenters. The van der Waals surface area contributed by atoms with Crippen LogP contribution in [-0.4, -0.2) is 6.41 Å². The van der Waals surface area contributed by atoms with Gasteiger partial charge in [-0.05, 0) is 29.7 Å². The molecule has 0 heterocycles. The van der Waals surface area contributed by atoms with Gasteiger partial charge in [-0.3, -0.25) is 4.79 Å². The molecular weight excluding hydrogens is 198 g/mol. The summed E-state index contributed by atoms with van der Waals surface area (Å²) in [5.41, 5.74) is 6.28. The van der Waals surface area contributed by atoms with E-state index >= 15 is 0 Å². The maximum Gasteiger partial charge on any atom is 0.204 e. The summed E-state index contributed by atoms with van der Waals surface area (Å²) in [6, 6.07) is 11.0. The predicted molar refractivity (Wildman–Crippen MR) is 67.1 cm³/mol. The Morgan fingerprint density at radius 2 is 1.94 bits per heavy atom. The number of hydrogen-bond donors (Lipinski definition) is 1. The molecule has 0 aliphatic heterocycles. The molecule has 1 aliphatic rings. The second-order valence-corrected chi connectivity index (χ2v) is 4.32. The Morgan fingerprint density at radius 3 is 2.31 bits per heavy atom. The molecule has 1 saturated carbocycles. The molecule has 2 rings (SSSR count). The number of benzene rings is 1. The van der Waals surface area contributed by atoms with Crippen LogP contribution in [0.4, 0.5) is 0 Å². The molecule has 2 N–H and O–H groups in total. The van der Waals surface area contributed by atoms with E-state index in [1.165, 1.54) is 19.3 Å². The van der Waals surface area contributed by atoms with Crippen molar-refractivity contribution in [3.05, 3.63) is 35.9 Å². The highest BCUT2D eigenvalue weighted by molar-refractivity contribution is 5.42.